The fourth-order valence-electron chi connectivity index (χ4n) is 6.34. The second-order valence-electron chi connectivity index (χ2n) is 13.6. The molecule has 3 unspecified atom stereocenters. The van der Waals surface area contributed by atoms with Gasteiger partial charge in [0.2, 0.25) is 17.7 Å². The van der Waals surface area contributed by atoms with Crippen molar-refractivity contribution in [2.45, 2.75) is 46.0 Å². The van der Waals surface area contributed by atoms with Crippen LogP contribution in [-0.2, 0) is 30.5 Å². The number of hydrogen-bond acceptors (Lipinski definition) is 7. The zero-order chi connectivity index (χ0) is 37.8. The van der Waals surface area contributed by atoms with Crippen LogP contribution in [0.5, 0.6) is 0 Å². The summed E-state index contributed by atoms with van der Waals surface area (Å²) in [6.45, 7) is 6.66. The summed E-state index contributed by atoms with van der Waals surface area (Å²) in [5.74, 6) is -2.54. The molecule has 0 aliphatic carbocycles. The molecule has 0 saturated carbocycles. The first kappa shape index (κ1) is 40.0. The predicted molar refractivity (Wildman–Crippen MR) is 190 cm³/mol. The van der Waals surface area contributed by atoms with Crippen LogP contribution in [0.3, 0.4) is 0 Å². The molecule has 0 bridgehead atoms. The Morgan fingerprint density at radius 2 is 1.88 bits per heavy atom. The molecule has 52 heavy (non-hydrogen) atoms. The first-order valence-electron chi connectivity index (χ1n) is 17.2. The number of benzene rings is 2. The molecule has 3 aromatic rings. The Balaban J connectivity index is 1.62. The number of halogens is 3. The lowest BCUT2D eigenvalue weighted by Crippen LogP contribution is -2.47. The summed E-state index contributed by atoms with van der Waals surface area (Å²) in [4.78, 5) is 57.1. The van der Waals surface area contributed by atoms with E-state index in [0.29, 0.717) is 18.7 Å². The minimum Gasteiger partial charge on any atom is -0.378 e. The maximum atomic E-state index is 15.1. The molecule has 1 aliphatic heterocycles. The van der Waals surface area contributed by atoms with Crippen LogP contribution in [0.25, 0.3) is 11.3 Å². The summed E-state index contributed by atoms with van der Waals surface area (Å²) in [6.07, 6.45) is 3.12. The Morgan fingerprint density at radius 1 is 1.13 bits per heavy atom. The molecule has 14 heteroatoms. The summed E-state index contributed by atoms with van der Waals surface area (Å²) in [5.41, 5.74) is -0.0438. The number of hydrogen-bond donors (Lipinski definition) is 2. The van der Waals surface area contributed by atoms with Crippen molar-refractivity contribution in [2.75, 3.05) is 53.0 Å². The van der Waals surface area contributed by atoms with Gasteiger partial charge in [-0.05, 0) is 29.8 Å². The summed E-state index contributed by atoms with van der Waals surface area (Å²) < 4.78 is 51.9. The SMILES string of the molecule is CC(=O)N(CC1CNCC1F)C(c1nc(-c2cc(F)ccc2F)cn1Cc1ccccc1)C(C)(C)CC(=O)NCCOCCN(C)C(=O)/C=C\C=O. The van der Waals surface area contributed by atoms with Gasteiger partial charge in [0, 0.05) is 88.8 Å². The number of alkyl halides is 1. The molecule has 280 valence electrons. The van der Waals surface area contributed by atoms with E-state index in [2.05, 4.69) is 10.6 Å². The normalized spacial score (nSPS) is 16.5. The zero-order valence-corrected chi connectivity index (χ0v) is 30.0. The molecule has 2 aromatic carbocycles. The highest BCUT2D eigenvalue weighted by atomic mass is 19.1. The number of allylic oxidation sites excluding steroid dienone is 1. The predicted octanol–water partition coefficient (Wildman–Crippen LogP) is 4.09. The third-order valence-corrected chi connectivity index (χ3v) is 9.05. The van der Waals surface area contributed by atoms with Crippen molar-refractivity contribution < 1.29 is 37.1 Å². The zero-order valence-electron chi connectivity index (χ0n) is 30.0. The first-order chi connectivity index (χ1) is 24.8. The fourth-order valence-corrected chi connectivity index (χ4v) is 6.34. The number of aromatic nitrogens is 2. The first-order valence-corrected chi connectivity index (χ1v) is 17.2. The number of likely N-dealkylation sites (N-methyl/N-ethyl adjacent to an activating group) is 1. The van der Waals surface area contributed by atoms with Crippen LogP contribution in [0.1, 0.15) is 44.6 Å². The lowest BCUT2D eigenvalue weighted by Gasteiger charge is -2.42. The third kappa shape index (κ3) is 10.8. The molecule has 1 aromatic heterocycles. The van der Waals surface area contributed by atoms with E-state index in [1.54, 1.807) is 17.8 Å². The Hall–Kier alpha value is -4.82. The van der Waals surface area contributed by atoms with Crippen molar-refractivity contribution in [3.63, 3.8) is 0 Å². The van der Waals surface area contributed by atoms with E-state index in [1.165, 1.54) is 16.7 Å². The maximum Gasteiger partial charge on any atom is 0.246 e. The molecule has 11 nitrogen and oxygen atoms in total. The number of nitrogens with zero attached hydrogens (tertiary/aromatic N) is 4. The lowest BCUT2D eigenvalue weighted by atomic mass is 9.78. The quantitative estimate of drug-likeness (QED) is 0.115. The molecule has 1 saturated heterocycles. The molecular formula is C38H47F3N6O5. The molecule has 1 fully saturated rings. The maximum absolute atomic E-state index is 15.1. The summed E-state index contributed by atoms with van der Waals surface area (Å²) in [6, 6.07) is 11.6. The molecular weight excluding hydrogens is 677 g/mol. The van der Waals surface area contributed by atoms with Gasteiger partial charge in [-0.1, -0.05) is 44.2 Å². The smallest absolute Gasteiger partial charge is 0.246 e. The number of carbonyl (C=O) groups excluding carboxylic acids is 4. The Morgan fingerprint density at radius 3 is 2.56 bits per heavy atom. The van der Waals surface area contributed by atoms with Gasteiger partial charge in [-0.15, -0.1) is 0 Å². The minimum absolute atomic E-state index is 0.0385. The Kier molecular flexibility index (Phi) is 14.3. The number of rotatable bonds is 18. The molecule has 3 atom stereocenters. The number of ether oxygens (including phenoxy) is 1. The molecule has 2 heterocycles. The number of nitrogens with one attached hydrogen (secondary N) is 2. The van der Waals surface area contributed by atoms with Crippen LogP contribution >= 0.6 is 0 Å². The van der Waals surface area contributed by atoms with Crippen molar-refractivity contribution in [2.24, 2.45) is 11.3 Å². The van der Waals surface area contributed by atoms with Gasteiger partial charge in [0.1, 0.15) is 29.9 Å². The van der Waals surface area contributed by atoms with E-state index in [1.807, 2.05) is 44.2 Å². The molecule has 0 radical (unpaired) electrons. The van der Waals surface area contributed by atoms with Crippen LogP contribution in [0.15, 0.2) is 66.9 Å². The van der Waals surface area contributed by atoms with Crippen molar-refractivity contribution >= 4 is 24.0 Å². The highest BCUT2D eigenvalue weighted by Crippen LogP contribution is 2.43. The van der Waals surface area contributed by atoms with Crippen LogP contribution in [0.2, 0.25) is 0 Å². The number of carbonyl (C=O) groups is 4. The highest BCUT2D eigenvalue weighted by molar-refractivity contribution is 5.90. The topological polar surface area (TPSA) is 126 Å². The number of amides is 3. The molecule has 2 N–H and O–H groups in total. The Bertz CT molecular complexity index is 1720. The van der Waals surface area contributed by atoms with Gasteiger partial charge in [-0.3, -0.25) is 19.2 Å². The van der Waals surface area contributed by atoms with Crippen molar-refractivity contribution in [3.8, 4) is 11.3 Å². The average Bonchev–Trinajstić information content (AvgIpc) is 3.70. The Labute approximate surface area is 302 Å². The van der Waals surface area contributed by atoms with Gasteiger partial charge in [0.15, 0.2) is 0 Å². The van der Waals surface area contributed by atoms with E-state index in [-0.39, 0.29) is 81.3 Å². The second kappa shape index (κ2) is 18.6. The molecule has 0 spiro atoms. The van der Waals surface area contributed by atoms with Crippen molar-refractivity contribution in [1.82, 2.24) is 30.0 Å². The summed E-state index contributed by atoms with van der Waals surface area (Å²) >= 11 is 0. The third-order valence-electron chi connectivity index (χ3n) is 9.05. The van der Waals surface area contributed by atoms with Crippen molar-refractivity contribution in [1.29, 1.82) is 0 Å². The van der Waals surface area contributed by atoms with E-state index >= 15 is 8.78 Å². The van der Waals surface area contributed by atoms with Gasteiger partial charge >= 0.3 is 0 Å². The van der Waals surface area contributed by atoms with Crippen LogP contribution < -0.4 is 10.6 Å². The molecule has 1 aliphatic rings. The minimum atomic E-state index is -1.19. The van der Waals surface area contributed by atoms with Gasteiger partial charge in [-0.25, -0.2) is 18.2 Å². The lowest BCUT2D eigenvalue weighted by molar-refractivity contribution is -0.138. The number of imidazole rings is 1. The van der Waals surface area contributed by atoms with E-state index in [4.69, 9.17) is 9.72 Å². The summed E-state index contributed by atoms with van der Waals surface area (Å²) in [7, 11) is 1.57. The highest BCUT2D eigenvalue weighted by Gasteiger charge is 2.43. The average molecular weight is 725 g/mol. The largest absolute Gasteiger partial charge is 0.378 e. The van der Waals surface area contributed by atoms with Crippen LogP contribution in [0.4, 0.5) is 13.2 Å². The van der Waals surface area contributed by atoms with Gasteiger partial charge in [-0.2, -0.15) is 0 Å². The van der Waals surface area contributed by atoms with E-state index < -0.39 is 35.2 Å². The van der Waals surface area contributed by atoms with E-state index in [0.717, 1.165) is 35.9 Å². The van der Waals surface area contributed by atoms with Gasteiger partial charge < -0.3 is 29.7 Å². The molecule has 3 amide bonds. The fraction of sp³-hybridized carbons (Fsp3) is 0.447. The van der Waals surface area contributed by atoms with Gasteiger partial charge in [0.05, 0.1) is 24.9 Å². The monoisotopic (exact) mass is 724 g/mol. The van der Waals surface area contributed by atoms with Crippen molar-refractivity contribution in [3.05, 3.63) is 89.9 Å². The van der Waals surface area contributed by atoms with Crippen LogP contribution in [-0.4, -0.2) is 103 Å². The number of aldehydes is 1. The molecule has 4 rings (SSSR count). The summed E-state index contributed by atoms with van der Waals surface area (Å²) in [5, 5.41) is 5.88. The van der Waals surface area contributed by atoms with Crippen LogP contribution in [0, 0.1) is 23.0 Å². The second-order valence-corrected chi connectivity index (χ2v) is 13.6. The van der Waals surface area contributed by atoms with Gasteiger partial charge in [0.25, 0.3) is 0 Å². The standard InChI is InChI=1S/C38H47F3N6O5/c1-26(49)47(24-28-21-42-22-32(28)41)36(38(2,3)20-34(50)43-14-17-52-18-15-45(4)35(51)11-8-16-48)37-44-33(30-19-29(39)12-13-31(30)40)25-46(37)23-27-9-6-5-7-10-27/h5-13,16,19,25,28,32,36,42H,14-15,17-18,20-24H2,1-4H3,(H,43,50)/b11-8-. The van der Waals surface area contributed by atoms with E-state index in [9.17, 15) is 23.6 Å².